The molecule has 0 radical (unpaired) electrons. The summed E-state index contributed by atoms with van der Waals surface area (Å²) >= 11 is 0. The summed E-state index contributed by atoms with van der Waals surface area (Å²) in [7, 11) is 0. The summed E-state index contributed by atoms with van der Waals surface area (Å²) in [4.78, 5) is 4.49. The molecule has 0 spiro atoms. The van der Waals surface area contributed by atoms with Crippen molar-refractivity contribution in [1.82, 2.24) is 10.1 Å². The number of hydrogen-bond donors (Lipinski definition) is 1. The van der Waals surface area contributed by atoms with Gasteiger partial charge >= 0.3 is 0 Å². The van der Waals surface area contributed by atoms with E-state index < -0.39 is 5.54 Å². The van der Waals surface area contributed by atoms with Crippen molar-refractivity contribution in [2.45, 2.75) is 64.0 Å². The maximum absolute atomic E-state index is 6.37. The van der Waals surface area contributed by atoms with Gasteiger partial charge in [0.2, 0.25) is 0 Å². The first-order valence-corrected chi connectivity index (χ1v) is 8.37. The summed E-state index contributed by atoms with van der Waals surface area (Å²) in [6, 6.07) is 8.11. The highest BCUT2D eigenvalue weighted by atomic mass is 35.5. The fourth-order valence-corrected chi connectivity index (χ4v) is 3.03. The zero-order valence-corrected chi connectivity index (χ0v) is 15.3. The highest BCUT2D eigenvalue weighted by molar-refractivity contribution is 5.85. The molecule has 1 unspecified atom stereocenters. The molecule has 3 rings (SSSR count). The zero-order chi connectivity index (χ0) is 16.4. The number of halogens is 1. The van der Waals surface area contributed by atoms with Gasteiger partial charge in [-0.25, -0.2) is 0 Å². The fourth-order valence-electron chi connectivity index (χ4n) is 3.03. The molecule has 24 heavy (non-hydrogen) atoms. The predicted octanol–water partition coefficient (Wildman–Crippen LogP) is 4.48. The van der Waals surface area contributed by atoms with E-state index >= 15 is 0 Å². The number of nitrogens with two attached hydrogens (primary N) is 1. The normalized spacial score (nSPS) is 17.5. The molecule has 132 valence electrons. The molecule has 0 saturated heterocycles. The van der Waals surface area contributed by atoms with Crippen LogP contribution in [0.1, 0.15) is 75.8 Å². The van der Waals surface area contributed by atoms with Crippen LogP contribution < -0.4 is 10.5 Å². The van der Waals surface area contributed by atoms with Crippen LogP contribution in [-0.2, 0) is 5.54 Å². The molecule has 6 heteroatoms. The summed E-state index contributed by atoms with van der Waals surface area (Å²) in [5.74, 6) is 2.36. The second kappa shape index (κ2) is 7.53. The van der Waals surface area contributed by atoms with Crippen molar-refractivity contribution >= 4 is 12.4 Å². The average Bonchev–Trinajstić information content (AvgIpc) is 3.17. The lowest BCUT2D eigenvalue weighted by atomic mass is 9.99. The standard InChI is InChI=1S/C18H25N3O2.ClH/c1-12(2)14-7-6-8-15(11-14)22-13(3)16-20-17(21-23-16)18(19)9-4-5-10-18;/h6-8,11-13H,4-5,9-10,19H2,1-3H3;1H. The van der Waals surface area contributed by atoms with E-state index in [1.807, 2.05) is 19.1 Å². The van der Waals surface area contributed by atoms with Crippen molar-refractivity contribution in [2.75, 3.05) is 0 Å². The zero-order valence-electron chi connectivity index (χ0n) is 14.5. The quantitative estimate of drug-likeness (QED) is 0.859. The molecule has 1 aromatic heterocycles. The third-order valence-electron chi connectivity index (χ3n) is 4.57. The van der Waals surface area contributed by atoms with Crippen molar-refractivity contribution in [3.8, 4) is 5.75 Å². The van der Waals surface area contributed by atoms with Crippen molar-refractivity contribution in [1.29, 1.82) is 0 Å². The molecule has 1 atom stereocenters. The van der Waals surface area contributed by atoms with Gasteiger partial charge in [0.15, 0.2) is 11.9 Å². The Balaban J connectivity index is 0.00000208. The molecule has 0 bridgehead atoms. The Morgan fingerprint density at radius 3 is 2.58 bits per heavy atom. The van der Waals surface area contributed by atoms with Gasteiger partial charge < -0.3 is 15.0 Å². The van der Waals surface area contributed by atoms with E-state index in [9.17, 15) is 0 Å². The Labute approximate surface area is 149 Å². The van der Waals surface area contributed by atoms with Crippen molar-refractivity contribution in [3.63, 3.8) is 0 Å². The van der Waals surface area contributed by atoms with Gasteiger partial charge in [-0.05, 0) is 43.4 Å². The molecule has 2 N–H and O–H groups in total. The van der Waals surface area contributed by atoms with Gasteiger partial charge in [0.1, 0.15) is 5.75 Å². The van der Waals surface area contributed by atoms with Crippen LogP contribution in [-0.4, -0.2) is 10.1 Å². The van der Waals surface area contributed by atoms with E-state index in [0.29, 0.717) is 17.6 Å². The van der Waals surface area contributed by atoms with Gasteiger partial charge in [-0.15, -0.1) is 12.4 Å². The predicted molar refractivity (Wildman–Crippen MR) is 95.5 cm³/mol. The molecule has 0 aliphatic heterocycles. The lowest BCUT2D eigenvalue weighted by Gasteiger charge is -2.18. The summed E-state index contributed by atoms with van der Waals surface area (Å²) < 4.78 is 11.4. The first-order chi connectivity index (χ1) is 11.0. The molecule has 1 fully saturated rings. The number of benzene rings is 1. The molecular formula is C18H26ClN3O2. The maximum Gasteiger partial charge on any atom is 0.267 e. The number of rotatable bonds is 5. The molecule has 1 aliphatic rings. The van der Waals surface area contributed by atoms with E-state index in [1.54, 1.807) is 0 Å². The minimum Gasteiger partial charge on any atom is -0.481 e. The van der Waals surface area contributed by atoms with E-state index in [-0.39, 0.29) is 18.5 Å². The van der Waals surface area contributed by atoms with Crippen LogP contribution in [0, 0.1) is 0 Å². The van der Waals surface area contributed by atoms with Gasteiger partial charge in [-0.3, -0.25) is 0 Å². The summed E-state index contributed by atoms with van der Waals surface area (Å²) in [6.45, 7) is 6.24. The Morgan fingerprint density at radius 2 is 1.92 bits per heavy atom. The van der Waals surface area contributed by atoms with Crippen LogP contribution in [0.15, 0.2) is 28.8 Å². The monoisotopic (exact) mass is 351 g/mol. The molecule has 0 amide bonds. The highest BCUT2D eigenvalue weighted by Crippen LogP contribution is 2.35. The van der Waals surface area contributed by atoms with Crippen LogP contribution in [0.5, 0.6) is 5.75 Å². The molecule has 1 aromatic carbocycles. The van der Waals surface area contributed by atoms with Crippen LogP contribution >= 0.6 is 12.4 Å². The Hall–Kier alpha value is -1.59. The van der Waals surface area contributed by atoms with Crippen LogP contribution in [0.2, 0.25) is 0 Å². The summed E-state index contributed by atoms with van der Waals surface area (Å²) in [5, 5.41) is 4.09. The van der Waals surface area contributed by atoms with Gasteiger partial charge in [0.25, 0.3) is 5.89 Å². The maximum atomic E-state index is 6.37. The SMILES string of the molecule is CC(C)c1cccc(OC(C)c2nc(C3(N)CCCC3)no2)c1.Cl. The third kappa shape index (κ3) is 3.90. The van der Waals surface area contributed by atoms with Crippen LogP contribution in [0.3, 0.4) is 0 Å². The van der Waals surface area contributed by atoms with Gasteiger partial charge in [0, 0.05) is 0 Å². The molecule has 1 saturated carbocycles. The van der Waals surface area contributed by atoms with Crippen LogP contribution in [0.4, 0.5) is 0 Å². The Kier molecular flexibility index (Phi) is 5.88. The first kappa shape index (κ1) is 18.7. The van der Waals surface area contributed by atoms with Crippen molar-refractivity contribution in [3.05, 3.63) is 41.5 Å². The fraction of sp³-hybridized carbons (Fsp3) is 0.556. The largest absolute Gasteiger partial charge is 0.481 e. The molecular weight excluding hydrogens is 326 g/mol. The van der Waals surface area contributed by atoms with E-state index in [2.05, 4.69) is 36.1 Å². The lowest BCUT2D eigenvalue weighted by molar-refractivity contribution is 0.175. The minimum atomic E-state index is -0.432. The molecule has 5 nitrogen and oxygen atoms in total. The van der Waals surface area contributed by atoms with E-state index in [4.69, 9.17) is 15.0 Å². The van der Waals surface area contributed by atoms with Gasteiger partial charge in [0.05, 0.1) is 5.54 Å². The van der Waals surface area contributed by atoms with E-state index in [0.717, 1.165) is 31.4 Å². The number of hydrogen-bond acceptors (Lipinski definition) is 5. The number of aromatic nitrogens is 2. The van der Waals surface area contributed by atoms with Crippen LogP contribution in [0.25, 0.3) is 0 Å². The second-order valence-corrected chi connectivity index (χ2v) is 6.81. The smallest absolute Gasteiger partial charge is 0.267 e. The van der Waals surface area contributed by atoms with Crippen molar-refractivity contribution in [2.24, 2.45) is 5.73 Å². The molecule has 2 aromatic rings. The summed E-state index contributed by atoms with van der Waals surface area (Å²) in [5.41, 5.74) is 7.19. The number of ether oxygens (including phenoxy) is 1. The van der Waals surface area contributed by atoms with Crippen molar-refractivity contribution < 1.29 is 9.26 Å². The number of nitrogens with zero attached hydrogens (tertiary/aromatic N) is 2. The topological polar surface area (TPSA) is 74.2 Å². The first-order valence-electron chi connectivity index (χ1n) is 8.37. The molecule has 1 aliphatic carbocycles. The van der Waals surface area contributed by atoms with Gasteiger partial charge in [-0.2, -0.15) is 4.98 Å². The average molecular weight is 352 g/mol. The van der Waals surface area contributed by atoms with E-state index in [1.165, 1.54) is 5.56 Å². The highest BCUT2D eigenvalue weighted by Gasteiger charge is 2.36. The molecule has 1 heterocycles. The Morgan fingerprint density at radius 1 is 1.21 bits per heavy atom. The second-order valence-electron chi connectivity index (χ2n) is 6.81. The van der Waals surface area contributed by atoms with Gasteiger partial charge in [-0.1, -0.05) is 44.0 Å². The summed E-state index contributed by atoms with van der Waals surface area (Å²) in [6.07, 6.45) is 3.77. The lowest BCUT2D eigenvalue weighted by Crippen LogP contribution is -2.34. The Bertz CT molecular complexity index is 666. The third-order valence-corrected chi connectivity index (χ3v) is 4.57. The minimum absolute atomic E-state index is 0.